The number of aromatic nitrogens is 2. The molecule has 0 atom stereocenters. The largest absolute Gasteiger partial charge is 0.464 e. The number of nitrogens with one attached hydrogen (secondary N) is 1. The molecule has 116 valence electrons. The number of amides is 1. The highest BCUT2D eigenvalue weighted by molar-refractivity contribution is 5.92. The maximum atomic E-state index is 13.2. The maximum absolute atomic E-state index is 13.2. The Kier molecular flexibility index (Phi) is 4.66. The molecule has 0 saturated heterocycles. The van der Waals surface area contributed by atoms with Crippen molar-refractivity contribution in [3.05, 3.63) is 52.1 Å². The number of carbonyl (C=O) groups excluding carboxylic acids is 1. The smallest absolute Gasteiger partial charge is 0.311 e. The monoisotopic (exact) mass is 308 g/mol. The minimum atomic E-state index is -0.669. The summed E-state index contributed by atoms with van der Waals surface area (Å²) in [6, 6.07) is 4.40. The van der Waals surface area contributed by atoms with Crippen molar-refractivity contribution in [2.45, 2.75) is 13.7 Å². The van der Waals surface area contributed by atoms with Crippen molar-refractivity contribution < 1.29 is 18.8 Å². The van der Waals surface area contributed by atoms with E-state index in [2.05, 4.69) is 10.4 Å². The second-order valence-corrected chi connectivity index (χ2v) is 4.24. The lowest BCUT2D eigenvalue weighted by Crippen LogP contribution is -2.23. The Morgan fingerprint density at radius 3 is 2.95 bits per heavy atom. The third-order valence-electron chi connectivity index (χ3n) is 2.68. The van der Waals surface area contributed by atoms with Crippen molar-refractivity contribution in [2.75, 3.05) is 6.54 Å². The molecular weight excluding hydrogens is 295 g/mol. The average molecular weight is 308 g/mol. The SMILES string of the molecule is CCNC(=O)c1ccn(COc2cc(F)ccc2[N+](=O)[O-])n1. The van der Waals surface area contributed by atoms with Gasteiger partial charge in [0.2, 0.25) is 5.75 Å². The zero-order valence-corrected chi connectivity index (χ0v) is 11.7. The summed E-state index contributed by atoms with van der Waals surface area (Å²) >= 11 is 0. The van der Waals surface area contributed by atoms with Gasteiger partial charge in [-0.15, -0.1) is 0 Å². The minimum absolute atomic E-state index is 0.191. The molecule has 0 bridgehead atoms. The van der Waals surface area contributed by atoms with E-state index in [0.29, 0.717) is 6.54 Å². The molecule has 1 heterocycles. The summed E-state index contributed by atoms with van der Waals surface area (Å²) in [6.07, 6.45) is 1.48. The van der Waals surface area contributed by atoms with Gasteiger partial charge in [0.1, 0.15) is 11.5 Å². The summed E-state index contributed by atoms with van der Waals surface area (Å²) in [6.45, 7) is 2.06. The summed E-state index contributed by atoms with van der Waals surface area (Å²) < 4.78 is 19.6. The van der Waals surface area contributed by atoms with Gasteiger partial charge >= 0.3 is 5.69 Å². The molecule has 0 fully saturated rings. The van der Waals surface area contributed by atoms with E-state index >= 15 is 0 Å². The molecule has 0 saturated carbocycles. The first-order valence-corrected chi connectivity index (χ1v) is 6.39. The lowest BCUT2D eigenvalue weighted by Gasteiger charge is -2.06. The molecule has 0 spiro atoms. The Morgan fingerprint density at radius 1 is 1.50 bits per heavy atom. The number of nitro benzene ring substituents is 1. The molecule has 1 N–H and O–H groups in total. The van der Waals surface area contributed by atoms with Crippen LogP contribution in [-0.2, 0) is 6.73 Å². The number of hydrogen-bond donors (Lipinski definition) is 1. The number of nitro groups is 1. The summed E-state index contributed by atoms with van der Waals surface area (Å²) in [5.74, 6) is -1.19. The Hall–Kier alpha value is -2.97. The third kappa shape index (κ3) is 3.57. The zero-order chi connectivity index (χ0) is 16.1. The van der Waals surface area contributed by atoms with Gasteiger partial charge in [-0.25, -0.2) is 9.07 Å². The van der Waals surface area contributed by atoms with Crippen molar-refractivity contribution in [1.29, 1.82) is 0 Å². The van der Waals surface area contributed by atoms with Crippen molar-refractivity contribution in [3.63, 3.8) is 0 Å². The molecule has 1 amide bonds. The predicted molar refractivity (Wildman–Crippen MR) is 73.9 cm³/mol. The molecule has 2 rings (SSSR count). The van der Waals surface area contributed by atoms with Gasteiger partial charge in [-0.2, -0.15) is 5.10 Å². The van der Waals surface area contributed by atoms with E-state index in [0.717, 1.165) is 18.2 Å². The number of hydrogen-bond acceptors (Lipinski definition) is 5. The highest BCUT2D eigenvalue weighted by Gasteiger charge is 2.16. The molecule has 0 unspecified atom stereocenters. The molecule has 2 aromatic rings. The van der Waals surface area contributed by atoms with Crippen molar-refractivity contribution in [3.8, 4) is 5.75 Å². The van der Waals surface area contributed by atoms with Crippen LogP contribution in [0.5, 0.6) is 5.75 Å². The molecule has 9 heteroatoms. The number of benzene rings is 1. The van der Waals surface area contributed by atoms with Gasteiger partial charge in [0, 0.05) is 24.9 Å². The van der Waals surface area contributed by atoms with Crippen LogP contribution >= 0.6 is 0 Å². The van der Waals surface area contributed by atoms with Gasteiger partial charge in [0.05, 0.1) is 4.92 Å². The molecule has 0 aliphatic heterocycles. The fourth-order valence-corrected chi connectivity index (χ4v) is 1.70. The van der Waals surface area contributed by atoms with Crippen LogP contribution < -0.4 is 10.1 Å². The van der Waals surface area contributed by atoms with Crippen molar-refractivity contribution in [1.82, 2.24) is 15.1 Å². The maximum Gasteiger partial charge on any atom is 0.311 e. The van der Waals surface area contributed by atoms with Crippen LogP contribution in [0.3, 0.4) is 0 Å². The van der Waals surface area contributed by atoms with E-state index in [9.17, 15) is 19.3 Å². The Bertz CT molecular complexity index is 701. The number of halogens is 1. The molecule has 0 aliphatic rings. The Labute approximate surface area is 124 Å². The fourth-order valence-electron chi connectivity index (χ4n) is 1.70. The predicted octanol–water partition coefficient (Wildman–Crippen LogP) is 1.72. The number of nitrogens with zero attached hydrogens (tertiary/aromatic N) is 3. The van der Waals surface area contributed by atoms with Crippen molar-refractivity contribution >= 4 is 11.6 Å². The van der Waals surface area contributed by atoms with Crippen LogP contribution in [-0.4, -0.2) is 27.2 Å². The highest BCUT2D eigenvalue weighted by atomic mass is 19.1. The number of ether oxygens (including phenoxy) is 1. The molecule has 22 heavy (non-hydrogen) atoms. The Balaban J connectivity index is 2.09. The number of carbonyl (C=O) groups is 1. The Morgan fingerprint density at radius 2 is 2.27 bits per heavy atom. The van der Waals surface area contributed by atoms with Crippen LogP contribution in [0.1, 0.15) is 17.4 Å². The molecule has 0 radical (unpaired) electrons. The summed E-state index contributed by atoms with van der Waals surface area (Å²) in [5.41, 5.74) is -0.156. The van der Waals surface area contributed by atoms with Gasteiger partial charge in [0.15, 0.2) is 6.73 Å². The van der Waals surface area contributed by atoms with E-state index in [4.69, 9.17) is 4.74 Å². The van der Waals surface area contributed by atoms with E-state index in [1.165, 1.54) is 16.9 Å². The second kappa shape index (κ2) is 6.66. The molecule has 0 aliphatic carbocycles. The van der Waals surface area contributed by atoms with Crippen LogP contribution in [0.4, 0.5) is 10.1 Å². The third-order valence-corrected chi connectivity index (χ3v) is 2.68. The lowest BCUT2D eigenvalue weighted by atomic mass is 10.3. The standard InChI is InChI=1S/C13H13FN4O4/c1-2-15-13(19)10-5-6-17(16-10)8-22-12-7-9(14)3-4-11(12)18(20)21/h3-7H,2,8H2,1H3,(H,15,19). The van der Waals surface area contributed by atoms with Gasteiger partial charge in [-0.1, -0.05) is 0 Å². The minimum Gasteiger partial charge on any atom is -0.464 e. The quantitative estimate of drug-likeness (QED) is 0.647. The lowest BCUT2D eigenvalue weighted by molar-refractivity contribution is -0.386. The van der Waals surface area contributed by atoms with Crippen LogP contribution in [0, 0.1) is 15.9 Å². The fraction of sp³-hybridized carbons (Fsp3) is 0.231. The first kappa shape index (κ1) is 15.4. The molecule has 8 nitrogen and oxygen atoms in total. The first-order chi connectivity index (χ1) is 10.5. The zero-order valence-electron chi connectivity index (χ0n) is 11.7. The average Bonchev–Trinajstić information content (AvgIpc) is 2.94. The van der Waals surface area contributed by atoms with E-state index in [-0.39, 0.29) is 29.8 Å². The van der Waals surface area contributed by atoms with Crippen LogP contribution in [0.2, 0.25) is 0 Å². The summed E-state index contributed by atoms with van der Waals surface area (Å²) in [7, 11) is 0. The second-order valence-electron chi connectivity index (χ2n) is 4.24. The molecule has 1 aromatic carbocycles. The van der Waals surface area contributed by atoms with Gasteiger partial charge in [-0.05, 0) is 19.1 Å². The van der Waals surface area contributed by atoms with Crippen LogP contribution in [0.15, 0.2) is 30.5 Å². The highest BCUT2D eigenvalue weighted by Crippen LogP contribution is 2.27. The topological polar surface area (TPSA) is 99.3 Å². The molecular formula is C13H13FN4O4. The van der Waals surface area contributed by atoms with Gasteiger partial charge in [0.25, 0.3) is 5.91 Å². The number of rotatable bonds is 6. The van der Waals surface area contributed by atoms with E-state index < -0.39 is 10.7 Å². The van der Waals surface area contributed by atoms with Crippen molar-refractivity contribution in [2.24, 2.45) is 0 Å². The van der Waals surface area contributed by atoms with E-state index in [1.807, 2.05) is 0 Å². The molecule has 1 aromatic heterocycles. The first-order valence-electron chi connectivity index (χ1n) is 6.39. The summed E-state index contributed by atoms with van der Waals surface area (Å²) in [5, 5.41) is 17.4. The normalized spacial score (nSPS) is 10.3. The van der Waals surface area contributed by atoms with Gasteiger partial charge < -0.3 is 10.1 Å². The van der Waals surface area contributed by atoms with E-state index in [1.54, 1.807) is 6.92 Å². The summed E-state index contributed by atoms with van der Waals surface area (Å²) in [4.78, 5) is 21.7. The van der Waals surface area contributed by atoms with Crippen LogP contribution in [0.25, 0.3) is 0 Å². The van der Waals surface area contributed by atoms with Gasteiger partial charge in [-0.3, -0.25) is 14.9 Å².